The van der Waals surface area contributed by atoms with Crippen LogP contribution < -0.4 is 29.0 Å². The maximum atomic E-state index is 13.6. The number of methoxy groups -OCH3 is 2. The standard InChI is InChI=1S/C30H37NO8S/c1-6-8-9-14-37-24-18(3)23-21(32)16-30(7-2,39-25(23)27(36-5)26(24)35-4)17-38-20-12-10-19(11-13-20)15-22-28(33)31-29(34)40-22/h10-13,22H,6-9,14-17H2,1-5H3,(H,31,33,34). The number of thioether (sulfide) groups is 1. The van der Waals surface area contributed by atoms with Gasteiger partial charge in [-0.05, 0) is 43.9 Å². The highest BCUT2D eigenvalue weighted by Gasteiger charge is 2.44. The molecular weight excluding hydrogens is 534 g/mol. The summed E-state index contributed by atoms with van der Waals surface area (Å²) >= 11 is 1.01. The molecule has 2 aliphatic rings. The van der Waals surface area contributed by atoms with E-state index in [2.05, 4.69) is 12.2 Å². The number of fused-ring (bicyclic) bond motifs is 1. The van der Waals surface area contributed by atoms with E-state index in [1.165, 1.54) is 7.11 Å². The summed E-state index contributed by atoms with van der Waals surface area (Å²) in [6, 6.07) is 7.36. The highest BCUT2D eigenvalue weighted by atomic mass is 32.2. The molecule has 2 heterocycles. The first-order valence-electron chi connectivity index (χ1n) is 13.6. The maximum absolute atomic E-state index is 13.6. The smallest absolute Gasteiger partial charge is 0.286 e. The third kappa shape index (κ3) is 6.16. The number of nitrogens with one attached hydrogen (secondary N) is 1. The average Bonchev–Trinajstić information content (AvgIpc) is 3.26. The number of ketones is 1. The summed E-state index contributed by atoms with van der Waals surface area (Å²) in [5.41, 5.74) is 1.13. The normalized spacial score (nSPS) is 20.0. The van der Waals surface area contributed by atoms with Crippen LogP contribution in [0.5, 0.6) is 28.7 Å². The predicted octanol–water partition coefficient (Wildman–Crippen LogP) is 5.67. The maximum Gasteiger partial charge on any atom is 0.286 e. The molecule has 2 amide bonds. The summed E-state index contributed by atoms with van der Waals surface area (Å²) in [4.78, 5) is 36.9. The molecule has 2 unspecified atom stereocenters. The molecule has 1 fully saturated rings. The molecule has 0 saturated carbocycles. The molecule has 0 aliphatic carbocycles. The summed E-state index contributed by atoms with van der Waals surface area (Å²) in [7, 11) is 3.06. The SMILES string of the molecule is CCCCCOc1c(C)c2c(c(OC)c1OC)OC(CC)(COc1ccc(CC3SC(=O)NC3=O)cc1)CC2=O. The molecule has 0 radical (unpaired) electrons. The van der Waals surface area contributed by atoms with Gasteiger partial charge in [-0.3, -0.25) is 19.7 Å². The van der Waals surface area contributed by atoms with Crippen molar-refractivity contribution in [1.82, 2.24) is 5.32 Å². The highest BCUT2D eigenvalue weighted by molar-refractivity contribution is 8.15. The van der Waals surface area contributed by atoms with Crippen molar-refractivity contribution in [2.24, 2.45) is 0 Å². The summed E-state index contributed by atoms with van der Waals surface area (Å²) in [6.45, 7) is 6.59. The number of hydrogen-bond acceptors (Lipinski definition) is 9. The van der Waals surface area contributed by atoms with Crippen LogP contribution in [0.1, 0.15) is 67.4 Å². The van der Waals surface area contributed by atoms with Crippen LogP contribution in [0.15, 0.2) is 24.3 Å². The van der Waals surface area contributed by atoms with Gasteiger partial charge in [0.1, 0.15) is 18.0 Å². The summed E-state index contributed by atoms with van der Waals surface area (Å²) in [5, 5.41) is 1.56. The van der Waals surface area contributed by atoms with Crippen LogP contribution in [0.3, 0.4) is 0 Å². The molecule has 9 nitrogen and oxygen atoms in total. The van der Waals surface area contributed by atoms with E-state index in [1.54, 1.807) is 7.11 Å². The highest BCUT2D eigenvalue weighted by Crippen LogP contribution is 2.53. The monoisotopic (exact) mass is 571 g/mol. The van der Waals surface area contributed by atoms with Crippen LogP contribution in [-0.4, -0.2) is 55.2 Å². The largest absolute Gasteiger partial charge is 0.490 e. The van der Waals surface area contributed by atoms with Crippen molar-refractivity contribution in [1.29, 1.82) is 0 Å². The molecule has 216 valence electrons. The first-order valence-corrected chi connectivity index (χ1v) is 14.5. The molecule has 4 rings (SSSR count). The number of benzene rings is 2. The first kappa shape index (κ1) is 29.6. The molecule has 0 aromatic heterocycles. The van der Waals surface area contributed by atoms with Crippen LogP contribution in [0, 0.1) is 6.92 Å². The van der Waals surface area contributed by atoms with Gasteiger partial charge < -0.3 is 23.7 Å². The zero-order valence-corrected chi connectivity index (χ0v) is 24.5. The molecule has 2 atom stereocenters. The van der Waals surface area contributed by atoms with Gasteiger partial charge in [0.15, 0.2) is 17.3 Å². The number of imide groups is 1. The van der Waals surface area contributed by atoms with Gasteiger partial charge in [-0.1, -0.05) is 50.6 Å². The molecular formula is C30H37NO8S. The Morgan fingerprint density at radius 1 is 1.00 bits per heavy atom. The number of Topliss-reactive ketones (excluding diaryl/α,β-unsaturated/α-hetero) is 1. The zero-order chi connectivity index (χ0) is 28.9. The van der Waals surface area contributed by atoms with Crippen molar-refractivity contribution in [3.8, 4) is 28.7 Å². The van der Waals surface area contributed by atoms with E-state index in [-0.39, 0.29) is 30.0 Å². The van der Waals surface area contributed by atoms with Gasteiger partial charge in [-0.25, -0.2) is 0 Å². The number of unbranched alkanes of at least 4 members (excludes halogenated alkanes) is 2. The average molecular weight is 572 g/mol. The fourth-order valence-corrected chi connectivity index (χ4v) is 5.83. The van der Waals surface area contributed by atoms with E-state index in [4.69, 9.17) is 23.7 Å². The van der Waals surface area contributed by atoms with E-state index in [9.17, 15) is 14.4 Å². The zero-order valence-electron chi connectivity index (χ0n) is 23.7. The molecule has 2 aromatic carbocycles. The quantitative estimate of drug-likeness (QED) is 0.304. The Labute approximate surface area is 239 Å². The molecule has 1 N–H and O–H groups in total. The van der Waals surface area contributed by atoms with Gasteiger partial charge in [0, 0.05) is 5.56 Å². The first-order chi connectivity index (χ1) is 19.3. The van der Waals surface area contributed by atoms with Gasteiger partial charge >= 0.3 is 0 Å². The van der Waals surface area contributed by atoms with Crippen molar-refractivity contribution in [3.63, 3.8) is 0 Å². The lowest BCUT2D eigenvalue weighted by molar-refractivity contribution is -0.118. The van der Waals surface area contributed by atoms with Crippen LogP contribution >= 0.6 is 11.8 Å². The third-order valence-electron chi connectivity index (χ3n) is 7.30. The van der Waals surface area contributed by atoms with E-state index in [0.29, 0.717) is 59.3 Å². The minimum absolute atomic E-state index is 0.0687. The fraction of sp³-hybridized carbons (Fsp3) is 0.500. The summed E-state index contributed by atoms with van der Waals surface area (Å²) in [5.74, 6) is 1.85. The summed E-state index contributed by atoms with van der Waals surface area (Å²) < 4.78 is 30.2. The van der Waals surface area contributed by atoms with Crippen molar-refractivity contribution in [2.75, 3.05) is 27.4 Å². The Bertz CT molecular complexity index is 1260. The van der Waals surface area contributed by atoms with Crippen molar-refractivity contribution in [2.45, 2.75) is 70.1 Å². The Morgan fingerprint density at radius 2 is 1.73 bits per heavy atom. The Hall–Kier alpha value is -3.40. The van der Waals surface area contributed by atoms with Gasteiger partial charge in [0.2, 0.25) is 17.4 Å². The number of hydrogen-bond donors (Lipinski definition) is 1. The lowest BCUT2D eigenvalue weighted by Crippen LogP contribution is -2.47. The van der Waals surface area contributed by atoms with Gasteiger partial charge in [-0.15, -0.1) is 0 Å². The second-order valence-electron chi connectivity index (χ2n) is 10.0. The molecule has 1 saturated heterocycles. The Balaban J connectivity index is 1.52. The molecule has 0 spiro atoms. The lowest BCUT2D eigenvalue weighted by atomic mass is 9.86. The summed E-state index contributed by atoms with van der Waals surface area (Å²) in [6.07, 6.45) is 4.13. The molecule has 40 heavy (non-hydrogen) atoms. The van der Waals surface area contributed by atoms with Gasteiger partial charge in [-0.2, -0.15) is 0 Å². The van der Waals surface area contributed by atoms with E-state index < -0.39 is 10.9 Å². The van der Waals surface area contributed by atoms with Crippen LogP contribution in [0.2, 0.25) is 0 Å². The number of carbonyl (C=O) groups excluding carboxylic acids is 3. The minimum atomic E-state index is -0.907. The van der Waals surface area contributed by atoms with E-state index in [1.807, 2.05) is 38.1 Å². The van der Waals surface area contributed by atoms with Crippen LogP contribution in [-0.2, 0) is 11.2 Å². The van der Waals surface area contributed by atoms with Crippen molar-refractivity contribution < 1.29 is 38.1 Å². The second kappa shape index (κ2) is 12.8. The molecule has 0 bridgehead atoms. The fourth-order valence-electron chi connectivity index (χ4n) is 4.97. The van der Waals surface area contributed by atoms with Crippen LogP contribution in [0.4, 0.5) is 4.79 Å². The third-order valence-corrected chi connectivity index (χ3v) is 8.28. The Kier molecular flexibility index (Phi) is 9.50. The molecule has 10 heteroatoms. The number of ether oxygens (including phenoxy) is 5. The molecule has 2 aromatic rings. The molecule has 2 aliphatic heterocycles. The van der Waals surface area contributed by atoms with Crippen molar-refractivity contribution >= 4 is 28.7 Å². The minimum Gasteiger partial charge on any atom is -0.490 e. The topological polar surface area (TPSA) is 109 Å². The van der Waals surface area contributed by atoms with Gasteiger partial charge in [0.25, 0.3) is 5.24 Å². The number of amides is 2. The second-order valence-corrected chi connectivity index (χ2v) is 11.2. The number of rotatable bonds is 13. The van der Waals surface area contributed by atoms with E-state index >= 15 is 0 Å². The van der Waals surface area contributed by atoms with Gasteiger partial charge in [0.05, 0.1) is 38.1 Å². The van der Waals surface area contributed by atoms with E-state index in [0.717, 1.165) is 36.6 Å². The van der Waals surface area contributed by atoms with Crippen molar-refractivity contribution in [3.05, 3.63) is 41.0 Å². The Morgan fingerprint density at radius 3 is 2.33 bits per heavy atom. The number of carbonyl (C=O) groups is 3. The lowest BCUT2D eigenvalue weighted by Gasteiger charge is -2.38. The predicted molar refractivity (Wildman–Crippen MR) is 152 cm³/mol. The van der Waals surface area contributed by atoms with Crippen LogP contribution in [0.25, 0.3) is 0 Å².